The predicted octanol–water partition coefficient (Wildman–Crippen LogP) is 4.67. The molecule has 0 aromatic heterocycles. The first kappa shape index (κ1) is 24.4. The van der Waals surface area contributed by atoms with Crippen LogP contribution in [0.1, 0.15) is 38.2 Å². The second-order valence-corrected chi connectivity index (χ2v) is 8.38. The van der Waals surface area contributed by atoms with E-state index in [1.54, 1.807) is 0 Å². The molecule has 1 fully saturated rings. The van der Waals surface area contributed by atoms with Gasteiger partial charge in [-0.25, -0.2) is 4.79 Å². The van der Waals surface area contributed by atoms with Gasteiger partial charge in [0.05, 0.1) is 5.54 Å². The fraction of sp³-hybridized carbons (Fsp3) is 0.391. The Balaban J connectivity index is 1.51. The first-order valence-electron chi connectivity index (χ1n) is 10.6. The summed E-state index contributed by atoms with van der Waals surface area (Å²) in [4.78, 5) is 26.8. The summed E-state index contributed by atoms with van der Waals surface area (Å²) >= 11 is 0. The molecule has 178 valence electrons. The fourth-order valence-corrected chi connectivity index (χ4v) is 3.49. The number of rotatable bonds is 5. The Morgan fingerprint density at radius 1 is 0.970 bits per heavy atom. The molecule has 1 aliphatic rings. The maximum absolute atomic E-state index is 12.8. The number of hydrogen-bond acceptors (Lipinski definition) is 4. The number of amides is 3. The summed E-state index contributed by atoms with van der Waals surface area (Å²) < 4.78 is 40.5. The second kappa shape index (κ2) is 9.70. The van der Waals surface area contributed by atoms with Crippen molar-refractivity contribution in [3.05, 3.63) is 54.1 Å². The number of nitrogens with two attached hydrogens (primary N) is 1. The number of urea groups is 1. The highest BCUT2D eigenvalue weighted by Crippen LogP contribution is 2.26. The normalized spacial score (nSPS) is 15.8. The zero-order valence-electron chi connectivity index (χ0n) is 18.4. The summed E-state index contributed by atoms with van der Waals surface area (Å²) in [5.74, 6) is -0.298. The van der Waals surface area contributed by atoms with Crippen molar-refractivity contribution in [2.24, 2.45) is 5.73 Å². The van der Waals surface area contributed by atoms with Crippen molar-refractivity contribution in [3.8, 4) is 5.75 Å². The van der Waals surface area contributed by atoms with Crippen molar-refractivity contribution < 1.29 is 27.5 Å². The molecular weight excluding hydrogens is 437 g/mol. The molecule has 4 N–H and O–H groups in total. The number of carbonyl (C=O) groups is 2. The van der Waals surface area contributed by atoms with Crippen molar-refractivity contribution in [1.29, 1.82) is 0 Å². The molecule has 0 spiro atoms. The van der Waals surface area contributed by atoms with Crippen LogP contribution in [0.25, 0.3) is 0 Å². The van der Waals surface area contributed by atoms with Crippen molar-refractivity contribution in [2.45, 2.75) is 44.5 Å². The van der Waals surface area contributed by atoms with E-state index in [0.717, 1.165) is 17.7 Å². The highest BCUT2D eigenvalue weighted by Gasteiger charge is 2.39. The van der Waals surface area contributed by atoms with E-state index in [4.69, 9.17) is 5.73 Å². The van der Waals surface area contributed by atoms with Crippen LogP contribution in [0.15, 0.2) is 48.5 Å². The minimum Gasteiger partial charge on any atom is -0.406 e. The Kier molecular flexibility index (Phi) is 7.16. The smallest absolute Gasteiger partial charge is 0.406 e. The zero-order valence-corrected chi connectivity index (χ0v) is 18.4. The van der Waals surface area contributed by atoms with Crippen LogP contribution in [0.3, 0.4) is 0 Å². The maximum atomic E-state index is 12.8. The van der Waals surface area contributed by atoms with Gasteiger partial charge in [0.15, 0.2) is 0 Å². The van der Waals surface area contributed by atoms with Gasteiger partial charge in [0.25, 0.3) is 0 Å². The van der Waals surface area contributed by atoms with Crippen molar-refractivity contribution in [2.75, 3.05) is 23.7 Å². The third kappa shape index (κ3) is 6.61. The van der Waals surface area contributed by atoms with Crippen molar-refractivity contribution >= 4 is 23.3 Å². The number of carbonyl (C=O) groups excluding carboxylic acids is 2. The molecule has 7 nitrogen and oxygen atoms in total. The Labute approximate surface area is 190 Å². The van der Waals surface area contributed by atoms with E-state index in [2.05, 4.69) is 29.2 Å². The van der Waals surface area contributed by atoms with Gasteiger partial charge in [-0.15, -0.1) is 13.2 Å². The van der Waals surface area contributed by atoms with Crippen LogP contribution >= 0.6 is 0 Å². The average molecular weight is 464 g/mol. The van der Waals surface area contributed by atoms with Gasteiger partial charge >= 0.3 is 12.4 Å². The standard InChI is InChI=1S/C23H27F3N4O3/c1-15(2)16-3-5-17(6-4-16)28-20(31)22(27)11-13-30(14-12-22)21(32)29-18-7-9-19(10-8-18)33-23(24,25)26/h3-10,15H,11-14,27H2,1-2H3,(H,28,31)(H,29,32). The quantitative estimate of drug-likeness (QED) is 0.599. The van der Waals surface area contributed by atoms with Gasteiger partial charge in [0.1, 0.15) is 5.75 Å². The first-order valence-corrected chi connectivity index (χ1v) is 10.6. The lowest BCUT2D eigenvalue weighted by Crippen LogP contribution is -2.58. The molecule has 2 aromatic rings. The monoisotopic (exact) mass is 464 g/mol. The molecule has 10 heteroatoms. The van der Waals surface area contributed by atoms with E-state index < -0.39 is 17.9 Å². The topological polar surface area (TPSA) is 96.7 Å². The van der Waals surface area contributed by atoms with Crippen LogP contribution in [0.5, 0.6) is 5.75 Å². The minimum absolute atomic E-state index is 0.261. The number of nitrogens with one attached hydrogen (secondary N) is 2. The highest BCUT2D eigenvalue weighted by molar-refractivity contribution is 5.98. The molecule has 0 atom stereocenters. The van der Waals surface area contributed by atoms with Gasteiger partial charge < -0.3 is 26.0 Å². The summed E-state index contributed by atoms with van der Waals surface area (Å²) in [7, 11) is 0. The second-order valence-electron chi connectivity index (χ2n) is 8.38. The molecule has 3 amide bonds. The molecule has 3 rings (SSSR count). The average Bonchev–Trinajstić information content (AvgIpc) is 2.75. The van der Waals surface area contributed by atoms with E-state index in [-0.39, 0.29) is 37.6 Å². The van der Waals surface area contributed by atoms with Gasteiger partial charge in [-0.3, -0.25) is 4.79 Å². The molecule has 0 radical (unpaired) electrons. The molecule has 1 heterocycles. The van der Waals surface area contributed by atoms with Crippen LogP contribution in [-0.2, 0) is 4.79 Å². The van der Waals surface area contributed by atoms with Crippen LogP contribution in [0.2, 0.25) is 0 Å². The number of anilines is 2. The number of alkyl halides is 3. The Morgan fingerprint density at radius 2 is 1.48 bits per heavy atom. The number of nitrogens with zero attached hydrogens (tertiary/aromatic N) is 1. The van der Waals surface area contributed by atoms with Crippen molar-refractivity contribution in [1.82, 2.24) is 4.90 Å². The maximum Gasteiger partial charge on any atom is 0.573 e. The summed E-state index contributed by atoms with van der Waals surface area (Å²) in [6.45, 7) is 4.70. The molecule has 2 aromatic carbocycles. The number of halogens is 3. The molecule has 0 unspecified atom stereocenters. The first-order chi connectivity index (χ1) is 15.4. The Morgan fingerprint density at radius 3 is 2.00 bits per heavy atom. The molecule has 1 aliphatic heterocycles. The third-order valence-electron chi connectivity index (χ3n) is 5.57. The summed E-state index contributed by atoms with van der Waals surface area (Å²) in [6, 6.07) is 12.0. The van der Waals surface area contributed by atoms with Gasteiger partial charge in [0.2, 0.25) is 5.91 Å². The van der Waals surface area contributed by atoms with Crippen LogP contribution in [-0.4, -0.2) is 41.8 Å². The number of ether oxygens (including phenoxy) is 1. The lowest BCUT2D eigenvalue weighted by atomic mass is 9.87. The summed E-state index contributed by atoms with van der Waals surface area (Å²) in [6.07, 6.45) is -4.24. The van der Waals surface area contributed by atoms with E-state index in [1.165, 1.54) is 17.0 Å². The number of hydrogen-bond donors (Lipinski definition) is 3. The van der Waals surface area contributed by atoms with Gasteiger partial charge in [-0.1, -0.05) is 26.0 Å². The summed E-state index contributed by atoms with van der Waals surface area (Å²) in [5, 5.41) is 5.47. The molecule has 0 aliphatic carbocycles. The minimum atomic E-state index is -4.78. The molecule has 0 saturated carbocycles. The highest BCUT2D eigenvalue weighted by atomic mass is 19.4. The van der Waals surface area contributed by atoms with E-state index in [9.17, 15) is 22.8 Å². The van der Waals surface area contributed by atoms with Gasteiger partial charge in [-0.2, -0.15) is 0 Å². The Bertz CT molecular complexity index is 968. The number of benzene rings is 2. The Hall–Kier alpha value is -3.27. The van der Waals surface area contributed by atoms with Crippen LogP contribution in [0, 0.1) is 0 Å². The van der Waals surface area contributed by atoms with E-state index in [0.29, 0.717) is 17.3 Å². The predicted molar refractivity (Wildman–Crippen MR) is 119 cm³/mol. The zero-order chi connectivity index (χ0) is 24.2. The molecule has 1 saturated heterocycles. The largest absolute Gasteiger partial charge is 0.573 e. The molecular formula is C23H27F3N4O3. The van der Waals surface area contributed by atoms with Gasteiger partial charge in [-0.05, 0) is 60.7 Å². The number of piperidine rings is 1. The lowest BCUT2D eigenvalue weighted by Gasteiger charge is -2.37. The van der Waals surface area contributed by atoms with Crippen LogP contribution < -0.4 is 21.1 Å². The number of likely N-dealkylation sites (tertiary alicyclic amines) is 1. The fourth-order valence-electron chi connectivity index (χ4n) is 3.49. The van der Waals surface area contributed by atoms with Gasteiger partial charge in [0, 0.05) is 24.5 Å². The SMILES string of the molecule is CC(C)c1ccc(NC(=O)C2(N)CCN(C(=O)Nc3ccc(OC(F)(F)F)cc3)CC2)cc1. The van der Waals surface area contributed by atoms with Crippen LogP contribution in [0.4, 0.5) is 29.3 Å². The van der Waals surface area contributed by atoms with E-state index >= 15 is 0 Å². The molecule has 0 bridgehead atoms. The summed E-state index contributed by atoms with van der Waals surface area (Å²) in [5.41, 5.74) is 7.37. The van der Waals surface area contributed by atoms with E-state index in [1.807, 2.05) is 24.3 Å². The van der Waals surface area contributed by atoms with Crippen molar-refractivity contribution in [3.63, 3.8) is 0 Å². The third-order valence-corrected chi connectivity index (χ3v) is 5.57. The lowest BCUT2D eigenvalue weighted by molar-refractivity contribution is -0.274. The molecule has 33 heavy (non-hydrogen) atoms.